The van der Waals surface area contributed by atoms with Crippen LogP contribution in [0.15, 0.2) is 60.7 Å². The lowest BCUT2D eigenvalue weighted by atomic mass is 9.89. The third-order valence-corrected chi connectivity index (χ3v) is 11.0. The molecule has 2 aromatic carbocycles. The van der Waals surface area contributed by atoms with Crippen LogP contribution in [0, 0.1) is 0 Å². The number of carbonyl (C=O) groups is 1. The number of anilines is 2. The highest BCUT2D eigenvalue weighted by atomic mass is 16.7. The number of nitrogen functional groups attached to an aromatic ring is 1. The lowest BCUT2D eigenvalue weighted by molar-refractivity contribution is -0.133. The van der Waals surface area contributed by atoms with Gasteiger partial charge in [-0.15, -0.1) is 10.2 Å². The van der Waals surface area contributed by atoms with E-state index in [1.807, 2.05) is 60.7 Å². The van der Waals surface area contributed by atoms with Gasteiger partial charge in [0.25, 0.3) is 0 Å². The number of methoxy groups -OCH3 is 1. The summed E-state index contributed by atoms with van der Waals surface area (Å²) in [5, 5.41) is 8.69. The molecule has 292 valence electrons. The van der Waals surface area contributed by atoms with Gasteiger partial charge in [-0.2, -0.15) is 0 Å². The molecule has 0 unspecified atom stereocenters. The van der Waals surface area contributed by atoms with Gasteiger partial charge < -0.3 is 44.0 Å². The average molecular weight is 746 g/mol. The van der Waals surface area contributed by atoms with Crippen LogP contribution in [-0.2, 0) is 30.3 Å². The molecule has 14 heteroatoms. The summed E-state index contributed by atoms with van der Waals surface area (Å²) in [7, 11) is 1.60. The fraction of sp³-hybridized carbons (Fsp3) is 0.575. The Bertz CT molecular complexity index is 1630. The second kappa shape index (κ2) is 18.5. The maximum absolute atomic E-state index is 12.5. The van der Waals surface area contributed by atoms with Crippen LogP contribution in [0.2, 0.25) is 0 Å². The first-order valence-electron chi connectivity index (χ1n) is 19.3. The number of piperidine rings is 1. The maximum atomic E-state index is 12.5. The lowest BCUT2D eigenvalue weighted by Gasteiger charge is -2.48. The first-order chi connectivity index (χ1) is 26.5. The number of carbonyl (C=O) groups excluding carboxylic acids is 1. The standard InChI is InChI=1S/C40H55N7O7/c1-49-30-53-37-10-6-5-9-34(37)35-27-36(38(41)43-42-35)46-13-11-40(12-14-46)29-45(21-24-54-40)20-23-51-33-25-32(26-33)50-22-19-44-15-17-47(18-16-44)39(48)52-28-31-7-3-2-4-8-31/h2-10,27,32-33H,11-26,28-30H2,1H3,(H2,41,43)/t32-,33-. The number of piperazine rings is 1. The van der Waals surface area contributed by atoms with Crippen molar-refractivity contribution in [3.05, 3.63) is 66.2 Å². The smallest absolute Gasteiger partial charge is 0.410 e. The minimum absolute atomic E-state index is 0.152. The summed E-state index contributed by atoms with van der Waals surface area (Å²) in [6.07, 6.45) is 4.01. The Morgan fingerprint density at radius 1 is 0.870 bits per heavy atom. The number of hydrogen-bond acceptors (Lipinski definition) is 13. The Morgan fingerprint density at radius 2 is 1.57 bits per heavy atom. The second-order valence-electron chi connectivity index (χ2n) is 14.7. The number of rotatable bonds is 15. The maximum Gasteiger partial charge on any atom is 0.410 e. The van der Waals surface area contributed by atoms with E-state index in [1.165, 1.54) is 0 Å². The minimum atomic E-state index is -0.238. The third kappa shape index (κ3) is 9.97. The molecule has 1 saturated carbocycles. The van der Waals surface area contributed by atoms with Crippen molar-refractivity contribution in [2.75, 3.05) is 110 Å². The van der Waals surface area contributed by atoms with E-state index < -0.39 is 0 Å². The molecule has 1 aromatic heterocycles. The topological polar surface area (TPSA) is 137 Å². The summed E-state index contributed by atoms with van der Waals surface area (Å²) in [6.45, 7) is 10.9. The van der Waals surface area contributed by atoms with Gasteiger partial charge in [0.1, 0.15) is 12.4 Å². The molecule has 3 saturated heterocycles. The van der Waals surface area contributed by atoms with Crippen molar-refractivity contribution in [2.45, 2.75) is 50.1 Å². The third-order valence-electron chi connectivity index (χ3n) is 11.0. The van der Waals surface area contributed by atoms with E-state index in [0.717, 1.165) is 108 Å². The summed E-state index contributed by atoms with van der Waals surface area (Å²) in [5.41, 5.74) is 9.63. The largest absolute Gasteiger partial charge is 0.467 e. The van der Waals surface area contributed by atoms with Crippen LogP contribution >= 0.6 is 0 Å². The molecule has 1 amide bonds. The van der Waals surface area contributed by atoms with E-state index in [1.54, 1.807) is 12.0 Å². The van der Waals surface area contributed by atoms with Crippen molar-refractivity contribution in [3.8, 4) is 17.0 Å². The summed E-state index contributed by atoms with van der Waals surface area (Å²) < 4.78 is 35.2. The van der Waals surface area contributed by atoms with Crippen molar-refractivity contribution >= 4 is 17.6 Å². The molecule has 3 aliphatic heterocycles. The zero-order chi connectivity index (χ0) is 37.2. The molecule has 1 aliphatic carbocycles. The molecule has 0 atom stereocenters. The van der Waals surface area contributed by atoms with E-state index in [4.69, 9.17) is 34.2 Å². The van der Waals surface area contributed by atoms with Gasteiger partial charge in [0.05, 0.1) is 49.0 Å². The van der Waals surface area contributed by atoms with Crippen LogP contribution in [0.5, 0.6) is 5.75 Å². The van der Waals surface area contributed by atoms with Gasteiger partial charge in [0.15, 0.2) is 12.6 Å². The minimum Gasteiger partial charge on any atom is -0.467 e. The molecule has 4 fully saturated rings. The van der Waals surface area contributed by atoms with E-state index in [-0.39, 0.29) is 30.7 Å². The molecular weight excluding hydrogens is 690 g/mol. The molecule has 4 aliphatic rings. The molecule has 0 bridgehead atoms. The monoisotopic (exact) mass is 745 g/mol. The number of ether oxygens (including phenoxy) is 6. The van der Waals surface area contributed by atoms with Crippen LogP contribution in [0.1, 0.15) is 31.2 Å². The number of amides is 1. The molecule has 0 radical (unpaired) electrons. The molecule has 2 N–H and O–H groups in total. The zero-order valence-corrected chi connectivity index (χ0v) is 31.5. The Hall–Kier alpha value is -4.05. The quantitative estimate of drug-likeness (QED) is 0.226. The molecular formula is C40H55N7O7. The number of nitrogens with two attached hydrogens (primary N) is 1. The highest BCUT2D eigenvalue weighted by Gasteiger charge is 2.40. The van der Waals surface area contributed by atoms with Crippen LogP contribution in [0.25, 0.3) is 11.3 Å². The van der Waals surface area contributed by atoms with E-state index in [2.05, 4.69) is 24.9 Å². The van der Waals surface area contributed by atoms with Crippen LogP contribution in [0.3, 0.4) is 0 Å². The van der Waals surface area contributed by atoms with Gasteiger partial charge in [-0.3, -0.25) is 9.80 Å². The number of hydrogen-bond donors (Lipinski definition) is 1. The van der Waals surface area contributed by atoms with Gasteiger partial charge in [0, 0.05) is 78.1 Å². The lowest BCUT2D eigenvalue weighted by Crippen LogP contribution is -2.57. The zero-order valence-electron chi connectivity index (χ0n) is 31.5. The van der Waals surface area contributed by atoms with Crippen LogP contribution in [0.4, 0.5) is 16.3 Å². The molecule has 14 nitrogen and oxygen atoms in total. The Balaban J connectivity index is 0.764. The van der Waals surface area contributed by atoms with Gasteiger partial charge in [-0.25, -0.2) is 4.79 Å². The first kappa shape index (κ1) is 38.2. The predicted molar refractivity (Wildman–Crippen MR) is 204 cm³/mol. The highest BCUT2D eigenvalue weighted by Crippen LogP contribution is 2.36. The molecule has 1 spiro atoms. The molecule has 7 rings (SSSR count). The Labute approximate surface area is 318 Å². The molecule has 4 heterocycles. The molecule has 3 aromatic rings. The fourth-order valence-corrected chi connectivity index (χ4v) is 7.73. The van der Waals surface area contributed by atoms with E-state index >= 15 is 0 Å². The van der Waals surface area contributed by atoms with Crippen molar-refractivity contribution in [3.63, 3.8) is 0 Å². The summed E-state index contributed by atoms with van der Waals surface area (Å²) in [6, 6.07) is 19.5. The van der Waals surface area contributed by atoms with E-state index in [0.29, 0.717) is 43.6 Å². The fourth-order valence-electron chi connectivity index (χ4n) is 7.73. The highest BCUT2D eigenvalue weighted by molar-refractivity contribution is 5.74. The number of nitrogens with zero attached hydrogens (tertiary/aromatic N) is 6. The SMILES string of the molecule is COCOc1ccccc1-c1cc(N2CCC3(CC2)CN(CCO[C@H]2C[C@H](OCCN4CCN(C(=O)OCc5ccccc5)CC4)C2)CCO3)c(N)nn1. The van der Waals surface area contributed by atoms with Crippen molar-refractivity contribution in [2.24, 2.45) is 0 Å². The average Bonchev–Trinajstić information content (AvgIpc) is 3.19. The number of aromatic nitrogens is 2. The van der Waals surface area contributed by atoms with Crippen molar-refractivity contribution < 1.29 is 33.2 Å². The van der Waals surface area contributed by atoms with Crippen molar-refractivity contribution in [1.82, 2.24) is 24.9 Å². The van der Waals surface area contributed by atoms with Gasteiger partial charge in [-0.1, -0.05) is 42.5 Å². The van der Waals surface area contributed by atoms with E-state index in [9.17, 15) is 4.79 Å². The summed E-state index contributed by atoms with van der Waals surface area (Å²) in [5.74, 6) is 1.11. The van der Waals surface area contributed by atoms with Gasteiger partial charge >= 0.3 is 6.09 Å². The van der Waals surface area contributed by atoms with Crippen LogP contribution in [-0.4, -0.2) is 148 Å². The Morgan fingerprint density at radius 3 is 2.31 bits per heavy atom. The summed E-state index contributed by atoms with van der Waals surface area (Å²) >= 11 is 0. The summed E-state index contributed by atoms with van der Waals surface area (Å²) in [4.78, 5) is 21.4. The Kier molecular flexibility index (Phi) is 13.1. The number of morpholine rings is 1. The van der Waals surface area contributed by atoms with Crippen LogP contribution < -0.4 is 15.4 Å². The molecule has 54 heavy (non-hydrogen) atoms. The van der Waals surface area contributed by atoms with Gasteiger partial charge in [-0.05, 0) is 49.4 Å². The second-order valence-corrected chi connectivity index (χ2v) is 14.7. The van der Waals surface area contributed by atoms with Gasteiger partial charge in [0.2, 0.25) is 0 Å². The normalized spacial score (nSPS) is 21.9. The first-order valence-corrected chi connectivity index (χ1v) is 19.3. The predicted octanol–water partition coefficient (Wildman–Crippen LogP) is 3.90. The van der Waals surface area contributed by atoms with Crippen molar-refractivity contribution in [1.29, 1.82) is 0 Å². The number of para-hydroxylation sites is 1. The number of benzene rings is 2.